The van der Waals surface area contributed by atoms with Crippen LogP contribution in [0.4, 0.5) is 0 Å². The van der Waals surface area contributed by atoms with Gasteiger partial charge in [-0.25, -0.2) is 0 Å². The Morgan fingerprint density at radius 1 is 1.30 bits per heavy atom. The van der Waals surface area contributed by atoms with Crippen LogP contribution in [0.3, 0.4) is 0 Å². The van der Waals surface area contributed by atoms with Gasteiger partial charge in [0.05, 0.1) is 0 Å². The van der Waals surface area contributed by atoms with E-state index in [1.807, 2.05) is 0 Å². The summed E-state index contributed by atoms with van der Waals surface area (Å²) in [6.45, 7) is 7.76. The zero-order chi connectivity index (χ0) is 14.6. The Morgan fingerprint density at radius 2 is 2.10 bits per heavy atom. The van der Waals surface area contributed by atoms with E-state index in [2.05, 4.69) is 17.1 Å². The maximum atomic E-state index is 12.6. The lowest BCUT2D eigenvalue weighted by Gasteiger charge is -2.38. The molecule has 2 rings (SSSR count). The van der Waals surface area contributed by atoms with E-state index in [-0.39, 0.29) is 0 Å². The summed E-state index contributed by atoms with van der Waals surface area (Å²) in [5.41, 5.74) is 0. The molecule has 7 heteroatoms. The van der Waals surface area contributed by atoms with Gasteiger partial charge in [0.15, 0.2) is 0 Å². The first-order chi connectivity index (χ1) is 9.55. The van der Waals surface area contributed by atoms with Gasteiger partial charge in [-0.15, -0.1) is 0 Å². The van der Waals surface area contributed by atoms with Crippen molar-refractivity contribution >= 4 is 10.2 Å². The molecule has 2 aliphatic rings. The molecule has 0 aromatic carbocycles. The minimum Gasteiger partial charge on any atom is -0.317 e. The number of hydrogen-bond acceptors (Lipinski definition) is 4. The van der Waals surface area contributed by atoms with E-state index in [1.54, 1.807) is 11.4 Å². The van der Waals surface area contributed by atoms with Gasteiger partial charge >= 0.3 is 0 Å². The molecule has 20 heavy (non-hydrogen) atoms. The predicted octanol–water partition coefficient (Wildman–Crippen LogP) is -0.0574. The molecule has 2 aliphatic heterocycles. The summed E-state index contributed by atoms with van der Waals surface area (Å²) >= 11 is 0. The SMILES string of the molecule is CCNCCCN(C)S(=O)(=O)N1CCN2CCCC2C1. The first-order valence-electron chi connectivity index (χ1n) is 7.72. The highest BCUT2D eigenvalue weighted by Crippen LogP contribution is 2.23. The zero-order valence-electron chi connectivity index (χ0n) is 12.7. The Balaban J connectivity index is 1.85. The molecule has 6 nitrogen and oxygen atoms in total. The number of rotatable bonds is 7. The molecule has 0 aromatic rings. The van der Waals surface area contributed by atoms with Crippen LogP contribution in [0.2, 0.25) is 0 Å². The summed E-state index contributed by atoms with van der Waals surface area (Å²) in [4.78, 5) is 2.43. The van der Waals surface area contributed by atoms with Crippen LogP contribution in [-0.2, 0) is 10.2 Å². The topological polar surface area (TPSA) is 55.9 Å². The third-order valence-corrected chi connectivity index (χ3v) is 6.30. The zero-order valence-corrected chi connectivity index (χ0v) is 13.5. The highest BCUT2D eigenvalue weighted by Gasteiger charge is 2.36. The number of hydrogen-bond donors (Lipinski definition) is 1. The molecule has 0 amide bonds. The monoisotopic (exact) mass is 304 g/mol. The minimum atomic E-state index is -3.28. The second-order valence-corrected chi connectivity index (χ2v) is 7.76. The van der Waals surface area contributed by atoms with Gasteiger partial charge in [-0.1, -0.05) is 6.92 Å². The molecule has 2 heterocycles. The maximum absolute atomic E-state index is 12.6. The first kappa shape index (κ1) is 16.2. The van der Waals surface area contributed by atoms with Gasteiger partial charge in [0.2, 0.25) is 0 Å². The summed E-state index contributed by atoms with van der Waals surface area (Å²) in [7, 11) is -1.58. The third kappa shape index (κ3) is 3.71. The molecule has 0 spiro atoms. The van der Waals surface area contributed by atoms with Crippen molar-refractivity contribution in [3.8, 4) is 0 Å². The Morgan fingerprint density at radius 3 is 2.85 bits per heavy atom. The average Bonchev–Trinajstić information content (AvgIpc) is 2.90. The van der Waals surface area contributed by atoms with Crippen molar-refractivity contribution in [1.29, 1.82) is 0 Å². The van der Waals surface area contributed by atoms with E-state index in [1.165, 1.54) is 10.7 Å². The average molecular weight is 304 g/mol. The predicted molar refractivity (Wildman–Crippen MR) is 80.9 cm³/mol. The van der Waals surface area contributed by atoms with Gasteiger partial charge in [0, 0.05) is 39.3 Å². The van der Waals surface area contributed by atoms with Crippen molar-refractivity contribution in [2.24, 2.45) is 0 Å². The summed E-state index contributed by atoms with van der Waals surface area (Å²) in [6.07, 6.45) is 3.19. The van der Waals surface area contributed by atoms with E-state index in [4.69, 9.17) is 0 Å². The molecule has 0 saturated carbocycles. The quantitative estimate of drug-likeness (QED) is 0.670. The molecule has 1 N–H and O–H groups in total. The fourth-order valence-electron chi connectivity index (χ4n) is 3.09. The molecule has 2 fully saturated rings. The van der Waals surface area contributed by atoms with Crippen molar-refractivity contribution in [3.63, 3.8) is 0 Å². The van der Waals surface area contributed by atoms with Crippen LogP contribution in [-0.4, -0.2) is 80.8 Å². The molecule has 118 valence electrons. The van der Waals surface area contributed by atoms with Gasteiger partial charge in [0.1, 0.15) is 0 Å². The standard InChI is InChI=1S/C13H28N4O2S/c1-3-14-7-5-8-15(2)20(18,19)17-11-10-16-9-4-6-13(16)12-17/h13-14H,3-12H2,1-2H3. The fourth-order valence-corrected chi connectivity index (χ4v) is 4.52. The highest BCUT2D eigenvalue weighted by atomic mass is 32.2. The molecule has 1 atom stereocenters. The number of nitrogens with zero attached hydrogens (tertiary/aromatic N) is 3. The van der Waals surface area contributed by atoms with Crippen LogP contribution in [0.1, 0.15) is 26.2 Å². The molecule has 0 aromatic heterocycles. The van der Waals surface area contributed by atoms with Crippen molar-refractivity contribution in [3.05, 3.63) is 0 Å². The third-order valence-electron chi connectivity index (χ3n) is 4.35. The number of piperazine rings is 1. The fraction of sp³-hybridized carbons (Fsp3) is 1.00. The van der Waals surface area contributed by atoms with Crippen molar-refractivity contribution in [2.45, 2.75) is 32.2 Å². The largest absolute Gasteiger partial charge is 0.317 e. The second kappa shape index (κ2) is 7.17. The van der Waals surface area contributed by atoms with Gasteiger partial charge in [-0.05, 0) is 38.9 Å². The van der Waals surface area contributed by atoms with Crippen LogP contribution in [0.15, 0.2) is 0 Å². The van der Waals surface area contributed by atoms with E-state index in [0.717, 1.165) is 39.0 Å². The van der Waals surface area contributed by atoms with Crippen molar-refractivity contribution in [2.75, 3.05) is 52.9 Å². The highest BCUT2D eigenvalue weighted by molar-refractivity contribution is 7.86. The molecule has 0 radical (unpaired) electrons. The lowest BCUT2D eigenvalue weighted by atomic mass is 10.2. The molecule has 2 saturated heterocycles. The molecule has 0 bridgehead atoms. The van der Waals surface area contributed by atoms with Crippen molar-refractivity contribution < 1.29 is 8.42 Å². The van der Waals surface area contributed by atoms with Gasteiger partial charge in [-0.3, -0.25) is 4.90 Å². The van der Waals surface area contributed by atoms with Gasteiger partial charge in [0.25, 0.3) is 10.2 Å². The second-order valence-electron chi connectivity index (χ2n) is 5.73. The molecular formula is C13H28N4O2S. The minimum absolute atomic E-state index is 0.439. The van der Waals surface area contributed by atoms with Crippen LogP contribution in [0, 0.1) is 0 Å². The number of nitrogens with one attached hydrogen (secondary N) is 1. The lowest BCUT2D eigenvalue weighted by Crippen LogP contribution is -2.55. The van der Waals surface area contributed by atoms with Gasteiger partial charge < -0.3 is 5.32 Å². The molecule has 1 unspecified atom stereocenters. The lowest BCUT2D eigenvalue weighted by molar-refractivity contribution is 0.153. The Kier molecular flexibility index (Phi) is 5.80. The Bertz CT molecular complexity index is 401. The van der Waals surface area contributed by atoms with Crippen molar-refractivity contribution in [1.82, 2.24) is 18.8 Å². The Labute approximate surface area is 123 Å². The number of fused-ring (bicyclic) bond motifs is 1. The van der Waals surface area contributed by atoms with Crippen LogP contribution >= 0.6 is 0 Å². The Hall–Kier alpha value is -0.210. The summed E-state index contributed by atoms with van der Waals surface area (Å²) in [5.74, 6) is 0. The van der Waals surface area contributed by atoms with E-state index < -0.39 is 10.2 Å². The maximum Gasteiger partial charge on any atom is 0.281 e. The van der Waals surface area contributed by atoms with E-state index >= 15 is 0 Å². The summed E-state index contributed by atoms with van der Waals surface area (Å²) in [6, 6.07) is 0.439. The molecular weight excluding hydrogens is 276 g/mol. The molecule has 0 aliphatic carbocycles. The smallest absolute Gasteiger partial charge is 0.281 e. The van der Waals surface area contributed by atoms with Gasteiger partial charge in [-0.2, -0.15) is 17.0 Å². The van der Waals surface area contributed by atoms with E-state index in [9.17, 15) is 8.42 Å². The van der Waals surface area contributed by atoms with E-state index in [0.29, 0.717) is 25.7 Å². The first-order valence-corrected chi connectivity index (χ1v) is 9.11. The van der Waals surface area contributed by atoms with Crippen LogP contribution in [0.25, 0.3) is 0 Å². The normalized spacial score (nSPS) is 25.2. The summed E-state index contributed by atoms with van der Waals surface area (Å²) in [5, 5.41) is 3.22. The van der Waals surface area contributed by atoms with Crippen LogP contribution in [0.5, 0.6) is 0 Å². The van der Waals surface area contributed by atoms with Crippen LogP contribution < -0.4 is 5.32 Å². The summed E-state index contributed by atoms with van der Waals surface area (Å²) < 4.78 is 28.3.